The summed E-state index contributed by atoms with van der Waals surface area (Å²) in [6, 6.07) is 23.9. The molecule has 0 radical (unpaired) electrons. The van der Waals surface area contributed by atoms with Gasteiger partial charge in [-0.3, -0.25) is 10.1 Å². The van der Waals surface area contributed by atoms with Gasteiger partial charge in [0.25, 0.3) is 5.91 Å². The molecule has 3 N–H and O–H groups in total. The lowest BCUT2D eigenvalue weighted by atomic mass is 10.0. The van der Waals surface area contributed by atoms with E-state index in [1.54, 1.807) is 33.9 Å². The van der Waals surface area contributed by atoms with E-state index in [4.69, 9.17) is 9.47 Å². The first-order valence-corrected chi connectivity index (χ1v) is 12.4. The number of carbonyl (C=O) groups is 2. The van der Waals surface area contributed by atoms with Crippen molar-refractivity contribution in [2.24, 2.45) is 0 Å². The molecule has 0 saturated heterocycles. The summed E-state index contributed by atoms with van der Waals surface area (Å²) in [7, 11) is 1.60. The lowest BCUT2D eigenvalue weighted by molar-refractivity contribution is 0.0635. The molecular formula is C30H31N5O4. The molecule has 39 heavy (non-hydrogen) atoms. The topological polar surface area (TPSA) is 114 Å². The average molecular weight is 526 g/mol. The van der Waals surface area contributed by atoms with E-state index in [9.17, 15) is 9.59 Å². The highest BCUT2D eigenvalue weighted by atomic mass is 16.6. The molecule has 0 unspecified atom stereocenters. The zero-order valence-corrected chi connectivity index (χ0v) is 22.3. The summed E-state index contributed by atoms with van der Waals surface area (Å²) < 4.78 is 10.7. The Morgan fingerprint density at radius 1 is 0.846 bits per heavy atom. The maximum Gasteiger partial charge on any atom is 0.412 e. The predicted octanol–water partition coefficient (Wildman–Crippen LogP) is 6.42. The molecule has 1 aromatic heterocycles. The number of nitrogens with one attached hydrogen (secondary N) is 3. The molecule has 2 amide bonds. The van der Waals surface area contributed by atoms with E-state index >= 15 is 0 Å². The van der Waals surface area contributed by atoms with E-state index in [2.05, 4.69) is 25.9 Å². The molecule has 0 aliphatic carbocycles. The van der Waals surface area contributed by atoms with Crippen molar-refractivity contribution in [3.8, 4) is 5.75 Å². The van der Waals surface area contributed by atoms with Crippen molar-refractivity contribution in [1.82, 2.24) is 9.97 Å². The van der Waals surface area contributed by atoms with E-state index < -0.39 is 11.7 Å². The fourth-order valence-electron chi connectivity index (χ4n) is 3.73. The van der Waals surface area contributed by atoms with Gasteiger partial charge < -0.3 is 20.1 Å². The number of hydrogen-bond donors (Lipinski definition) is 3. The molecule has 4 rings (SSSR count). The number of nitrogens with zero attached hydrogens (tertiary/aromatic N) is 2. The van der Waals surface area contributed by atoms with Crippen LogP contribution in [0.25, 0.3) is 0 Å². The van der Waals surface area contributed by atoms with Gasteiger partial charge in [-0.05, 0) is 62.7 Å². The molecule has 0 atom stereocenters. The summed E-state index contributed by atoms with van der Waals surface area (Å²) in [5, 5.41) is 8.82. The van der Waals surface area contributed by atoms with Gasteiger partial charge in [-0.25, -0.2) is 14.8 Å². The first-order chi connectivity index (χ1) is 18.7. The summed E-state index contributed by atoms with van der Waals surface area (Å²) in [5.41, 5.74) is 3.04. The fraction of sp³-hybridized carbons (Fsp3) is 0.200. The highest BCUT2D eigenvalue weighted by Crippen LogP contribution is 2.23. The van der Waals surface area contributed by atoms with E-state index in [1.165, 1.54) is 6.20 Å². The number of methoxy groups -OCH3 is 1. The van der Waals surface area contributed by atoms with Crippen molar-refractivity contribution in [2.45, 2.75) is 32.8 Å². The van der Waals surface area contributed by atoms with Crippen LogP contribution in [0.5, 0.6) is 5.75 Å². The van der Waals surface area contributed by atoms with Crippen LogP contribution in [0.3, 0.4) is 0 Å². The lowest BCUT2D eigenvalue weighted by Gasteiger charge is -2.19. The third kappa shape index (κ3) is 8.03. The number of hydrogen-bond acceptors (Lipinski definition) is 7. The van der Waals surface area contributed by atoms with E-state index in [0.29, 0.717) is 40.8 Å². The molecule has 1 heterocycles. The Kier molecular flexibility index (Phi) is 8.40. The van der Waals surface area contributed by atoms with Crippen molar-refractivity contribution in [3.63, 3.8) is 0 Å². The third-order valence-corrected chi connectivity index (χ3v) is 5.41. The van der Waals surface area contributed by atoms with Crippen LogP contribution in [0.4, 0.5) is 27.8 Å². The van der Waals surface area contributed by atoms with Crippen LogP contribution in [0.15, 0.2) is 85.1 Å². The maximum absolute atomic E-state index is 13.2. The first-order valence-electron chi connectivity index (χ1n) is 12.4. The van der Waals surface area contributed by atoms with Crippen LogP contribution in [-0.4, -0.2) is 34.7 Å². The SMILES string of the molecule is COc1cccc(Nc2ncc(C(=O)Nc3ccccc3)c(Cc3cccc(NC(=O)OC(C)(C)C)c3)n2)c1. The number of carbonyl (C=O) groups excluding carboxylic acids is 2. The number of rotatable bonds is 8. The third-order valence-electron chi connectivity index (χ3n) is 5.41. The Bertz CT molecular complexity index is 1450. The molecule has 0 spiro atoms. The molecule has 0 aliphatic heterocycles. The minimum absolute atomic E-state index is 0.316. The van der Waals surface area contributed by atoms with Gasteiger partial charge in [0.1, 0.15) is 11.4 Å². The second kappa shape index (κ2) is 12.1. The molecule has 4 aromatic rings. The van der Waals surface area contributed by atoms with Gasteiger partial charge >= 0.3 is 6.09 Å². The van der Waals surface area contributed by atoms with Crippen molar-refractivity contribution < 1.29 is 19.1 Å². The minimum atomic E-state index is -0.615. The Morgan fingerprint density at radius 2 is 1.56 bits per heavy atom. The molecule has 0 aliphatic rings. The average Bonchev–Trinajstić information content (AvgIpc) is 2.88. The van der Waals surface area contributed by atoms with Crippen molar-refractivity contribution in [2.75, 3.05) is 23.1 Å². The first kappa shape index (κ1) is 27.1. The summed E-state index contributed by atoms with van der Waals surface area (Å²) in [6.45, 7) is 5.41. The van der Waals surface area contributed by atoms with E-state index in [-0.39, 0.29) is 5.91 Å². The standard InChI is InChI=1S/C30H31N5O4/c1-30(2,3)39-29(37)34-22-13-8-10-20(16-22)17-26-25(27(36)32-21-11-6-5-7-12-21)19-31-28(35-26)33-23-14-9-15-24(18-23)38-4/h5-16,18-19H,17H2,1-4H3,(H,32,36)(H,34,37)(H,31,33,35). The quantitative estimate of drug-likeness (QED) is 0.243. The van der Waals surface area contributed by atoms with Gasteiger partial charge in [-0.1, -0.05) is 36.4 Å². The van der Waals surface area contributed by atoms with Crippen LogP contribution in [0.1, 0.15) is 42.4 Å². The van der Waals surface area contributed by atoms with Gasteiger partial charge in [0.05, 0.1) is 18.4 Å². The Morgan fingerprint density at radius 3 is 2.31 bits per heavy atom. The van der Waals surface area contributed by atoms with Gasteiger partial charge in [0.15, 0.2) is 0 Å². The monoisotopic (exact) mass is 525 g/mol. The van der Waals surface area contributed by atoms with Gasteiger partial charge in [-0.2, -0.15) is 0 Å². The minimum Gasteiger partial charge on any atom is -0.497 e. The van der Waals surface area contributed by atoms with Gasteiger partial charge in [0, 0.05) is 35.7 Å². The van der Waals surface area contributed by atoms with E-state index in [0.717, 1.165) is 11.3 Å². The summed E-state index contributed by atoms with van der Waals surface area (Å²) in [6.07, 6.45) is 1.28. The Balaban J connectivity index is 1.61. The highest BCUT2D eigenvalue weighted by molar-refractivity contribution is 6.05. The molecule has 9 nitrogen and oxygen atoms in total. The number of amides is 2. The number of anilines is 4. The molecule has 0 fully saturated rings. The molecule has 200 valence electrons. The van der Waals surface area contributed by atoms with Crippen molar-refractivity contribution in [1.29, 1.82) is 0 Å². The molecular weight excluding hydrogens is 494 g/mol. The van der Waals surface area contributed by atoms with Crippen LogP contribution in [-0.2, 0) is 11.2 Å². The van der Waals surface area contributed by atoms with Crippen molar-refractivity contribution >= 4 is 35.0 Å². The predicted molar refractivity (Wildman–Crippen MR) is 152 cm³/mol. The van der Waals surface area contributed by atoms with Crippen LogP contribution in [0.2, 0.25) is 0 Å². The zero-order valence-electron chi connectivity index (χ0n) is 22.3. The lowest BCUT2D eigenvalue weighted by Crippen LogP contribution is -2.27. The van der Waals surface area contributed by atoms with Gasteiger partial charge in [0.2, 0.25) is 5.95 Å². The number of ether oxygens (including phenoxy) is 2. The highest BCUT2D eigenvalue weighted by Gasteiger charge is 2.18. The van der Waals surface area contributed by atoms with E-state index in [1.807, 2.05) is 72.8 Å². The summed E-state index contributed by atoms with van der Waals surface area (Å²) in [4.78, 5) is 34.5. The summed E-state index contributed by atoms with van der Waals surface area (Å²) in [5.74, 6) is 0.693. The van der Waals surface area contributed by atoms with Gasteiger partial charge in [-0.15, -0.1) is 0 Å². The smallest absolute Gasteiger partial charge is 0.412 e. The zero-order chi connectivity index (χ0) is 27.8. The molecule has 3 aromatic carbocycles. The van der Waals surface area contributed by atoms with Crippen LogP contribution >= 0.6 is 0 Å². The largest absolute Gasteiger partial charge is 0.497 e. The van der Waals surface area contributed by atoms with Crippen molar-refractivity contribution in [3.05, 3.63) is 102 Å². The fourth-order valence-corrected chi connectivity index (χ4v) is 3.73. The second-order valence-electron chi connectivity index (χ2n) is 9.74. The normalized spacial score (nSPS) is 10.9. The second-order valence-corrected chi connectivity index (χ2v) is 9.74. The maximum atomic E-state index is 13.2. The number of benzene rings is 3. The molecule has 0 bridgehead atoms. The molecule has 9 heteroatoms. The number of aromatic nitrogens is 2. The Hall–Kier alpha value is -4.92. The molecule has 0 saturated carbocycles. The number of para-hydroxylation sites is 1. The Labute approximate surface area is 227 Å². The van der Waals surface area contributed by atoms with Crippen LogP contribution < -0.4 is 20.7 Å². The van der Waals surface area contributed by atoms with Crippen LogP contribution in [0, 0.1) is 0 Å². The summed E-state index contributed by atoms with van der Waals surface area (Å²) >= 11 is 0.